The van der Waals surface area contributed by atoms with Gasteiger partial charge < -0.3 is 15.7 Å². The molecule has 102 valence electrons. The summed E-state index contributed by atoms with van der Waals surface area (Å²) in [5.74, 6) is 0. The van der Waals surface area contributed by atoms with Crippen molar-refractivity contribution in [2.24, 2.45) is 0 Å². The van der Waals surface area contributed by atoms with Crippen LogP contribution in [0.2, 0.25) is 0 Å². The number of nitrogens with one attached hydrogen (secondary N) is 2. The van der Waals surface area contributed by atoms with Crippen molar-refractivity contribution in [2.45, 2.75) is 70.4 Å². The van der Waals surface area contributed by atoms with Gasteiger partial charge in [0.2, 0.25) is 0 Å². The quantitative estimate of drug-likeness (QED) is 0.542. The Hall–Kier alpha value is -0.120. The second-order valence-electron chi connectivity index (χ2n) is 5.38. The Morgan fingerprint density at radius 2 is 2.06 bits per heavy atom. The van der Waals surface area contributed by atoms with E-state index in [4.69, 9.17) is 5.11 Å². The van der Waals surface area contributed by atoms with Gasteiger partial charge in [-0.25, -0.2) is 0 Å². The Morgan fingerprint density at radius 3 is 2.76 bits per heavy atom. The minimum absolute atomic E-state index is 0.344. The number of piperidine rings is 1. The average molecular weight is 242 g/mol. The topological polar surface area (TPSA) is 44.3 Å². The maximum Gasteiger partial charge on any atom is 0.0431 e. The van der Waals surface area contributed by atoms with E-state index in [1.54, 1.807) is 0 Å². The molecule has 2 atom stereocenters. The van der Waals surface area contributed by atoms with Gasteiger partial charge in [0.05, 0.1) is 0 Å². The summed E-state index contributed by atoms with van der Waals surface area (Å²) in [6.45, 7) is 4.97. The van der Waals surface area contributed by atoms with Gasteiger partial charge in [0, 0.05) is 18.7 Å². The van der Waals surface area contributed by atoms with Gasteiger partial charge in [-0.3, -0.25) is 0 Å². The second-order valence-corrected chi connectivity index (χ2v) is 5.38. The van der Waals surface area contributed by atoms with Crippen molar-refractivity contribution in [3.8, 4) is 0 Å². The Labute approximate surface area is 106 Å². The van der Waals surface area contributed by atoms with E-state index in [1.807, 2.05) is 0 Å². The molecule has 3 N–H and O–H groups in total. The largest absolute Gasteiger partial charge is 0.396 e. The highest BCUT2D eigenvalue weighted by Crippen LogP contribution is 2.11. The third-order valence-electron chi connectivity index (χ3n) is 3.63. The molecule has 0 spiro atoms. The van der Waals surface area contributed by atoms with Crippen molar-refractivity contribution < 1.29 is 5.11 Å². The van der Waals surface area contributed by atoms with Gasteiger partial charge in [-0.1, -0.05) is 19.3 Å². The van der Waals surface area contributed by atoms with Crippen molar-refractivity contribution in [1.29, 1.82) is 0 Å². The highest BCUT2D eigenvalue weighted by Gasteiger charge is 2.14. The van der Waals surface area contributed by atoms with Crippen LogP contribution in [0.5, 0.6) is 0 Å². The van der Waals surface area contributed by atoms with E-state index in [-0.39, 0.29) is 0 Å². The van der Waals surface area contributed by atoms with Crippen molar-refractivity contribution in [2.75, 3.05) is 19.7 Å². The van der Waals surface area contributed by atoms with Gasteiger partial charge in [-0.2, -0.15) is 0 Å². The summed E-state index contributed by atoms with van der Waals surface area (Å²) in [5.41, 5.74) is 0. The first kappa shape index (κ1) is 14.9. The van der Waals surface area contributed by atoms with Crippen LogP contribution in [0.3, 0.4) is 0 Å². The molecule has 0 aliphatic carbocycles. The van der Waals surface area contributed by atoms with Crippen LogP contribution in [0, 0.1) is 0 Å². The van der Waals surface area contributed by atoms with Gasteiger partial charge in [0.25, 0.3) is 0 Å². The molecule has 0 aromatic heterocycles. The molecule has 17 heavy (non-hydrogen) atoms. The fourth-order valence-corrected chi connectivity index (χ4v) is 2.57. The van der Waals surface area contributed by atoms with Crippen LogP contribution in [0.25, 0.3) is 0 Å². The molecule has 1 fully saturated rings. The Morgan fingerprint density at radius 1 is 1.24 bits per heavy atom. The first-order chi connectivity index (χ1) is 8.33. The summed E-state index contributed by atoms with van der Waals surface area (Å²) in [6, 6.07) is 1.36. The van der Waals surface area contributed by atoms with Crippen LogP contribution in [0.1, 0.15) is 58.3 Å². The molecule has 2 unspecified atom stereocenters. The highest BCUT2D eigenvalue weighted by molar-refractivity contribution is 4.76. The van der Waals surface area contributed by atoms with E-state index in [0.717, 1.165) is 25.4 Å². The lowest BCUT2D eigenvalue weighted by Gasteiger charge is -2.26. The van der Waals surface area contributed by atoms with Crippen LogP contribution < -0.4 is 10.6 Å². The van der Waals surface area contributed by atoms with Crippen LogP contribution in [-0.4, -0.2) is 36.9 Å². The van der Waals surface area contributed by atoms with Crippen molar-refractivity contribution in [1.82, 2.24) is 10.6 Å². The van der Waals surface area contributed by atoms with Crippen molar-refractivity contribution in [3.63, 3.8) is 0 Å². The summed E-state index contributed by atoms with van der Waals surface area (Å²) >= 11 is 0. The summed E-state index contributed by atoms with van der Waals surface area (Å²) in [4.78, 5) is 0. The first-order valence-corrected chi connectivity index (χ1v) is 7.40. The number of rotatable bonds is 9. The molecule has 1 rings (SSSR count). The smallest absolute Gasteiger partial charge is 0.0431 e. The molecule has 0 aromatic carbocycles. The third-order valence-corrected chi connectivity index (χ3v) is 3.63. The van der Waals surface area contributed by atoms with Gasteiger partial charge >= 0.3 is 0 Å². The maximum atomic E-state index is 8.67. The molecular formula is C14H30N2O. The Balaban J connectivity index is 1.91. The average Bonchev–Trinajstić information content (AvgIpc) is 2.35. The lowest BCUT2D eigenvalue weighted by atomic mass is 9.99. The number of aliphatic hydroxyl groups is 1. The van der Waals surface area contributed by atoms with Gasteiger partial charge in [0.15, 0.2) is 0 Å². The number of aliphatic hydroxyl groups excluding tert-OH is 1. The zero-order chi connectivity index (χ0) is 12.3. The fraction of sp³-hybridized carbons (Fsp3) is 1.00. The molecule has 1 saturated heterocycles. The predicted molar refractivity (Wildman–Crippen MR) is 73.3 cm³/mol. The molecule has 0 amide bonds. The molecule has 0 aromatic rings. The van der Waals surface area contributed by atoms with E-state index < -0.39 is 0 Å². The summed E-state index contributed by atoms with van der Waals surface area (Å²) in [7, 11) is 0. The van der Waals surface area contributed by atoms with Crippen LogP contribution >= 0.6 is 0 Å². The van der Waals surface area contributed by atoms with E-state index in [0.29, 0.717) is 12.6 Å². The van der Waals surface area contributed by atoms with Crippen molar-refractivity contribution in [3.05, 3.63) is 0 Å². The zero-order valence-electron chi connectivity index (χ0n) is 11.4. The van der Waals surface area contributed by atoms with E-state index in [2.05, 4.69) is 17.6 Å². The van der Waals surface area contributed by atoms with Gasteiger partial charge in [0.1, 0.15) is 0 Å². The van der Waals surface area contributed by atoms with Crippen molar-refractivity contribution >= 4 is 0 Å². The predicted octanol–water partition coefficient (Wildman–Crippen LogP) is 2.05. The molecular weight excluding hydrogens is 212 g/mol. The number of hydrogen-bond donors (Lipinski definition) is 3. The Bertz CT molecular complexity index is 170. The SMILES string of the molecule is CC(CC1CCCCN1)NCCCCCCO. The monoisotopic (exact) mass is 242 g/mol. The number of hydrogen-bond acceptors (Lipinski definition) is 3. The standard InChI is InChI=1S/C14H30N2O/c1-13(12-14-8-4-6-10-16-14)15-9-5-2-3-7-11-17/h13-17H,2-12H2,1H3. The lowest BCUT2D eigenvalue weighted by Crippen LogP contribution is -2.40. The lowest BCUT2D eigenvalue weighted by molar-refractivity contribution is 0.282. The normalized spacial score (nSPS) is 22.6. The summed E-state index contributed by atoms with van der Waals surface area (Å²) in [6.07, 6.45) is 9.95. The highest BCUT2D eigenvalue weighted by atomic mass is 16.2. The molecule has 3 heteroatoms. The number of unbranched alkanes of at least 4 members (excludes halogenated alkanes) is 3. The third kappa shape index (κ3) is 7.74. The fourth-order valence-electron chi connectivity index (χ4n) is 2.57. The van der Waals surface area contributed by atoms with Crippen LogP contribution in [0.15, 0.2) is 0 Å². The maximum absolute atomic E-state index is 8.67. The van der Waals surface area contributed by atoms with E-state index >= 15 is 0 Å². The minimum atomic E-state index is 0.344. The van der Waals surface area contributed by atoms with Crippen LogP contribution in [0.4, 0.5) is 0 Å². The minimum Gasteiger partial charge on any atom is -0.396 e. The molecule has 1 heterocycles. The van der Waals surface area contributed by atoms with Gasteiger partial charge in [-0.15, -0.1) is 0 Å². The van der Waals surface area contributed by atoms with E-state index in [9.17, 15) is 0 Å². The summed E-state index contributed by atoms with van der Waals surface area (Å²) in [5, 5.41) is 15.9. The first-order valence-electron chi connectivity index (χ1n) is 7.40. The Kier molecular flexibility index (Phi) is 8.67. The molecule has 0 radical (unpaired) electrons. The second kappa shape index (κ2) is 9.86. The van der Waals surface area contributed by atoms with Crippen LogP contribution in [-0.2, 0) is 0 Å². The van der Waals surface area contributed by atoms with Gasteiger partial charge in [-0.05, 0) is 52.1 Å². The molecule has 1 aliphatic heterocycles. The molecule has 1 aliphatic rings. The molecule has 0 saturated carbocycles. The summed E-state index contributed by atoms with van der Waals surface area (Å²) < 4.78 is 0. The molecule has 0 bridgehead atoms. The van der Waals surface area contributed by atoms with E-state index in [1.165, 1.54) is 45.1 Å². The zero-order valence-corrected chi connectivity index (χ0v) is 11.4. The molecule has 3 nitrogen and oxygen atoms in total.